The van der Waals surface area contributed by atoms with E-state index in [1.165, 1.54) is 0 Å². The van der Waals surface area contributed by atoms with Crippen molar-refractivity contribution < 1.29 is 4.79 Å². The molecule has 1 aliphatic rings. The summed E-state index contributed by atoms with van der Waals surface area (Å²) in [6.07, 6.45) is 2.03. The van der Waals surface area contributed by atoms with E-state index >= 15 is 0 Å². The van der Waals surface area contributed by atoms with Crippen LogP contribution in [0.2, 0.25) is 0 Å². The maximum absolute atomic E-state index is 12.5. The van der Waals surface area contributed by atoms with E-state index in [-0.39, 0.29) is 11.3 Å². The first-order valence-electron chi connectivity index (χ1n) is 6.99. The molecule has 104 valence electrons. The van der Waals surface area contributed by atoms with Crippen molar-refractivity contribution in [2.75, 3.05) is 13.1 Å². The first-order valence-corrected chi connectivity index (χ1v) is 7.43. The molecule has 1 amide bonds. The molecule has 0 bridgehead atoms. The lowest BCUT2D eigenvalue weighted by molar-refractivity contribution is 0.0689. The summed E-state index contributed by atoms with van der Waals surface area (Å²) in [5.41, 5.74) is 3.04. The third-order valence-electron chi connectivity index (χ3n) is 4.10. The van der Waals surface area contributed by atoms with Gasteiger partial charge < -0.3 is 4.90 Å². The maximum atomic E-state index is 12.5. The zero-order chi connectivity index (χ0) is 14.0. The van der Waals surface area contributed by atoms with E-state index in [0.29, 0.717) is 5.92 Å². The number of halogens is 1. The van der Waals surface area contributed by atoms with Gasteiger partial charge in [-0.05, 0) is 51.2 Å². The van der Waals surface area contributed by atoms with Gasteiger partial charge in [-0.3, -0.25) is 4.79 Å². The van der Waals surface area contributed by atoms with Crippen LogP contribution in [0.4, 0.5) is 0 Å². The predicted molar refractivity (Wildman–Crippen MR) is 79.9 cm³/mol. The lowest BCUT2D eigenvalue weighted by Gasteiger charge is -2.33. The van der Waals surface area contributed by atoms with E-state index in [4.69, 9.17) is 11.6 Å². The molecule has 1 atom stereocenters. The molecular weight excluding hydrogens is 258 g/mol. The second-order valence-electron chi connectivity index (χ2n) is 5.63. The van der Waals surface area contributed by atoms with Crippen LogP contribution in [0.1, 0.15) is 41.3 Å². The number of amides is 1. The van der Waals surface area contributed by atoms with Gasteiger partial charge in [0, 0.05) is 24.0 Å². The van der Waals surface area contributed by atoms with Crippen LogP contribution in [0, 0.1) is 19.8 Å². The standard InChI is InChI=1S/C16H22ClNO/c1-11-4-5-12(2)15(10-11)16(19)18-8-6-14(7-9-18)13(3)17/h4-5,10,13-14H,6-9H2,1-3H3. The Bertz CT molecular complexity index is 462. The molecule has 1 aromatic rings. The Morgan fingerprint density at radius 3 is 2.53 bits per heavy atom. The van der Waals surface area contributed by atoms with Crippen molar-refractivity contribution in [3.05, 3.63) is 34.9 Å². The number of carbonyl (C=O) groups excluding carboxylic acids is 1. The van der Waals surface area contributed by atoms with Gasteiger partial charge >= 0.3 is 0 Å². The number of benzene rings is 1. The van der Waals surface area contributed by atoms with Crippen LogP contribution in [-0.2, 0) is 0 Å². The van der Waals surface area contributed by atoms with Crippen LogP contribution in [0.3, 0.4) is 0 Å². The molecule has 1 aromatic carbocycles. The molecular formula is C16H22ClNO. The van der Waals surface area contributed by atoms with E-state index in [0.717, 1.165) is 42.6 Å². The van der Waals surface area contributed by atoms with Gasteiger partial charge in [0.2, 0.25) is 0 Å². The monoisotopic (exact) mass is 279 g/mol. The Morgan fingerprint density at radius 2 is 1.95 bits per heavy atom. The van der Waals surface area contributed by atoms with Gasteiger partial charge in [0.05, 0.1) is 0 Å². The van der Waals surface area contributed by atoms with E-state index in [2.05, 4.69) is 6.92 Å². The number of nitrogens with zero attached hydrogens (tertiary/aromatic N) is 1. The third kappa shape index (κ3) is 3.30. The van der Waals surface area contributed by atoms with Crippen LogP contribution < -0.4 is 0 Å². The first-order chi connectivity index (χ1) is 8.99. The summed E-state index contributed by atoms with van der Waals surface area (Å²) in [5, 5.41) is 0.206. The highest BCUT2D eigenvalue weighted by molar-refractivity contribution is 6.20. The number of likely N-dealkylation sites (tertiary alicyclic amines) is 1. The molecule has 1 unspecified atom stereocenters. The summed E-state index contributed by atoms with van der Waals surface area (Å²) in [4.78, 5) is 14.5. The zero-order valence-electron chi connectivity index (χ0n) is 11.9. The molecule has 1 aliphatic heterocycles. The molecule has 0 N–H and O–H groups in total. The molecule has 0 aliphatic carbocycles. The van der Waals surface area contributed by atoms with Crippen molar-refractivity contribution in [3.63, 3.8) is 0 Å². The molecule has 1 saturated heterocycles. The summed E-state index contributed by atoms with van der Waals surface area (Å²) in [5.74, 6) is 0.714. The second-order valence-corrected chi connectivity index (χ2v) is 6.31. The van der Waals surface area contributed by atoms with Crippen molar-refractivity contribution in [3.8, 4) is 0 Å². The van der Waals surface area contributed by atoms with Gasteiger partial charge in [-0.2, -0.15) is 0 Å². The van der Waals surface area contributed by atoms with Crippen molar-refractivity contribution >= 4 is 17.5 Å². The molecule has 2 rings (SSSR count). The lowest BCUT2D eigenvalue weighted by Crippen LogP contribution is -2.40. The minimum Gasteiger partial charge on any atom is -0.339 e. The van der Waals surface area contributed by atoms with Crippen LogP contribution in [0.15, 0.2) is 18.2 Å². The number of hydrogen-bond acceptors (Lipinski definition) is 1. The second kappa shape index (κ2) is 5.96. The third-order valence-corrected chi connectivity index (χ3v) is 4.46. The Kier molecular flexibility index (Phi) is 4.51. The number of aryl methyl sites for hydroxylation is 2. The SMILES string of the molecule is Cc1ccc(C)c(C(=O)N2CCC(C(C)Cl)CC2)c1. The molecule has 0 aromatic heterocycles. The van der Waals surface area contributed by atoms with E-state index in [1.807, 2.05) is 36.9 Å². The highest BCUT2D eigenvalue weighted by Crippen LogP contribution is 2.25. The van der Waals surface area contributed by atoms with Crippen molar-refractivity contribution in [1.29, 1.82) is 0 Å². The van der Waals surface area contributed by atoms with Crippen molar-refractivity contribution in [2.45, 2.75) is 39.0 Å². The highest BCUT2D eigenvalue weighted by atomic mass is 35.5. The van der Waals surface area contributed by atoms with Crippen LogP contribution >= 0.6 is 11.6 Å². The fourth-order valence-corrected chi connectivity index (χ4v) is 2.95. The summed E-state index contributed by atoms with van der Waals surface area (Å²) in [7, 11) is 0. The van der Waals surface area contributed by atoms with E-state index in [1.54, 1.807) is 0 Å². The number of hydrogen-bond donors (Lipinski definition) is 0. The normalized spacial score (nSPS) is 18.4. The van der Waals surface area contributed by atoms with Crippen LogP contribution in [0.25, 0.3) is 0 Å². The van der Waals surface area contributed by atoms with Gasteiger partial charge in [0.25, 0.3) is 5.91 Å². The minimum atomic E-state index is 0.168. The van der Waals surface area contributed by atoms with Gasteiger partial charge in [-0.25, -0.2) is 0 Å². The Labute approximate surface area is 120 Å². The Hall–Kier alpha value is -1.02. The van der Waals surface area contributed by atoms with Crippen LogP contribution in [0.5, 0.6) is 0 Å². The fraction of sp³-hybridized carbons (Fsp3) is 0.562. The summed E-state index contributed by atoms with van der Waals surface area (Å²) >= 11 is 6.14. The summed E-state index contributed by atoms with van der Waals surface area (Å²) in [6, 6.07) is 6.07. The molecule has 3 heteroatoms. The van der Waals surface area contributed by atoms with Gasteiger partial charge in [-0.15, -0.1) is 11.6 Å². The number of carbonyl (C=O) groups is 1. The van der Waals surface area contributed by atoms with Gasteiger partial charge in [0.1, 0.15) is 0 Å². The molecule has 0 saturated carbocycles. The number of piperidine rings is 1. The van der Waals surface area contributed by atoms with Crippen molar-refractivity contribution in [1.82, 2.24) is 4.90 Å². The fourth-order valence-electron chi connectivity index (χ4n) is 2.70. The predicted octanol–water partition coefficient (Wildman–Crippen LogP) is 3.78. The summed E-state index contributed by atoms with van der Waals surface area (Å²) in [6.45, 7) is 7.73. The molecule has 1 fully saturated rings. The van der Waals surface area contributed by atoms with Crippen LogP contribution in [-0.4, -0.2) is 29.3 Å². The first kappa shape index (κ1) is 14.4. The Balaban J connectivity index is 2.07. The Morgan fingerprint density at radius 1 is 1.32 bits per heavy atom. The van der Waals surface area contributed by atoms with E-state index < -0.39 is 0 Å². The van der Waals surface area contributed by atoms with E-state index in [9.17, 15) is 4.79 Å². The zero-order valence-corrected chi connectivity index (χ0v) is 12.7. The van der Waals surface area contributed by atoms with Crippen molar-refractivity contribution in [2.24, 2.45) is 5.92 Å². The molecule has 1 heterocycles. The molecule has 0 radical (unpaired) electrons. The largest absolute Gasteiger partial charge is 0.339 e. The average molecular weight is 280 g/mol. The highest BCUT2D eigenvalue weighted by Gasteiger charge is 2.26. The quantitative estimate of drug-likeness (QED) is 0.755. The molecule has 0 spiro atoms. The lowest BCUT2D eigenvalue weighted by atomic mass is 9.93. The van der Waals surface area contributed by atoms with Gasteiger partial charge in [0.15, 0.2) is 0 Å². The topological polar surface area (TPSA) is 20.3 Å². The molecule has 19 heavy (non-hydrogen) atoms. The number of rotatable bonds is 2. The number of alkyl halides is 1. The van der Waals surface area contributed by atoms with Gasteiger partial charge in [-0.1, -0.05) is 17.7 Å². The minimum absolute atomic E-state index is 0.168. The average Bonchev–Trinajstić information content (AvgIpc) is 2.41. The summed E-state index contributed by atoms with van der Waals surface area (Å²) < 4.78 is 0. The molecule has 2 nitrogen and oxygen atoms in total. The smallest absolute Gasteiger partial charge is 0.254 e. The maximum Gasteiger partial charge on any atom is 0.254 e.